The number of anilines is 1. The number of rotatable bonds is 1. The third kappa shape index (κ3) is 2.12. The van der Waals surface area contributed by atoms with E-state index in [2.05, 4.69) is 0 Å². The maximum absolute atomic E-state index is 12.9. The van der Waals surface area contributed by atoms with Gasteiger partial charge in [0.25, 0.3) is 0 Å². The van der Waals surface area contributed by atoms with Gasteiger partial charge >= 0.3 is 6.18 Å². The molecule has 2 fully saturated rings. The third-order valence-electron chi connectivity index (χ3n) is 5.42. The van der Waals surface area contributed by atoms with E-state index < -0.39 is 35.4 Å². The van der Waals surface area contributed by atoms with Gasteiger partial charge in [-0.05, 0) is 32.0 Å². The van der Waals surface area contributed by atoms with Crippen LogP contribution in [0.4, 0.5) is 18.9 Å². The number of hydrogen-bond donors (Lipinski definition) is 0. The molecule has 1 aliphatic heterocycles. The van der Waals surface area contributed by atoms with Gasteiger partial charge in [-0.15, -0.1) is 0 Å². The first kappa shape index (κ1) is 16.1. The Bertz CT molecular complexity index is 814. The van der Waals surface area contributed by atoms with Gasteiger partial charge in [0.05, 0.1) is 23.1 Å². The number of alkyl halides is 3. The SMILES string of the molecule is CC(C)=C1[C@H]2C=C[C@H]1[C@@H]1C(=O)N(c3cccc(C(F)(F)F)c3)C(=O)[C@H]12. The summed E-state index contributed by atoms with van der Waals surface area (Å²) in [6, 6.07) is 4.40. The number of carbonyl (C=O) groups excluding carboxylic acids is 2. The summed E-state index contributed by atoms with van der Waals surface area (Å²) in [7, 11) is 0. The molecule has 0 aromatic heterocycles. The minimum Gasteiger partial charge on any atom is -0.274 e. The van der Waals surface area contributed by atoms with Crippen LogP contribution in [-0.4, -0.2) is 11.8 Å². The number of nitrogens with zero attached hydrogens (tertiary/aromatic N) is 1. The van der Waals surface area contributed by atoms with Gasteiger partial charge in [0.1, 0.15) is 0 Å². The van der Waals surface area contributed by atoms with Crippen molar-refractivity contribution in [1.29, 1.82) is 0 Å². The molecule has 3 nitrogen and oxygen atoms in total. The molecule has 130 valence electrons. The molecule has 1 heterocycles. The summed E-state index contributed by atoms with van der Waals surface area (Å²) in [6.45, 7) is 3.92. The van der Waals surface area contributed by atoms with Gasteiger partial charge in [-0.1, -0.05) is 29.4 Å². The largest absolute Gasteiger partial charge is 0.416 e. The molecular formula is C19H16F3NO2. The molecule has 6 heteroatoms. The number of allylic oxidation sites excluding steroid dienone is 4. The molecule has 1 aromatic rings. The fraction of sp³-hybridized carbons (Fsp3) is 0.368. The number of halogens is 3. The second kappa shape index (κ2) is 5.07. The van der Waals surface area contributed by atoms with E-state index in [0.29, 0.717) is 0 Å². The van der Waals surface area contributed by atoms with Gasteiger partial charge in [0.15, 0.2) is 0 Å². The van der Waals surface area contributed by atoms with E-state index in [-0.39, 0.29) is 17.5 Å². The summed E-state index contributed by atoms with van der Waals surface area (Å²) < 4.78 is 38.8. The van der Waals surface area contributed by atoms with Crippen LogP contribution in [0.5, 0.6) is 0 Å². The predicted molar refractivity (Wildman–Crippen MR) is 85.4 cm³/mol. The molecule has 3 aliphatic rings. The molecular weight excluding hydrogens is 331 g/mol. The van der Waals surface area contributed by atoms with E-state index in [9.17, 15) is 22.8 Å². The molecule has 1 saturated carbocycles. The summed E-state index contributed by atoms with van der Waals surface area (Å²) in [4.78, 5) is 26.7. The molecule has 1 saturated heterocycles. The van der Waals surface area contributed by atoms with Crippen LogP contribution in [0.1, 0.15) is 19.4 Å². The van der Waals surface area contributed by atoms with E-state index in [1.165, 1.54) is 12.1 Å². The topological polar surface area (TPSA) is 37.4 Å². The maximum Gasteiger partial charge on any atom is 0.416 e. The Balaban J connectivity index is 1.74. The van der Waals surface area contributed by atoms with Gasteiger partial charge in [0.2, 0.25) is 11.8 Å². The van der Waals surface area contributed by atoms with Crippen molar-refractivity contribution in [2.24, 2.45) is 23.7 Å². The van der Waals surface area contributed by atoms with E-state index >= 15 is 0 Å². The van der Waals surface area contributed by atoms with Gasteiger partial charge in [-0.3, -0.25) is 9.59 Å². The average molecular weight is 347 g/mol. The number of hydrogen-bond acceptors (Lipinski definition) is 2. The summed E-state index contributed by atoms with van der Waals surface area (Å²) in [6.07, 6.45) is -0.614. The van der Waals surface area contributed by atoms with Crippen molar-refractivity contribution in [3.8, 4) is 0 Å². The van der Waals surface area contributed by atoms with Crippen LogP contribution in [0.25, 0.3) is 0 Å². The van der Waals surface area contributed by atoms with Gasteiger partial charge in [-0.2, -0.15) is 13.2 Å². The molecule has 4 rings (SSSR count). The summed E-state index contributed by atoms with van der Waals surface area (Å²) in [5.74, 6) is -2.03. The van der Waals surface area contributed by atoms with Crippen LogP contribution >= 0.6 is 0 Å². The number of carbonyl (C=O) groups is 2. The zero-order chi connectivity index (χ0) is 18.1. The first-order valence-electron chi connectivity index (χ1n) is 8.12. The molecule has 0 N–H and O–H groups in total. The van der Waals surface area contributed by atoms with Gasteiger partial charge in [0, 0.05) is 11.8 Å². The number of fused-ring (bicyclic) bond motifs is 5. The fourth-order valence-electron chi connectivity index (χ4n) is 4.51. The summed E-state index contributed by atoms with van der Waals surface area (Å²) >= 11 is 0. The highest BCUT2D eigenvalue weighted by Crippen LogP contribution is 2.57. The first-order valence-corrected chi connectivity index (χ1v) is 8.12. The quantitative estimate of drug-likeness (QED) is 0.570. The number of amides is 2. The normalized spacial score (nSPS) is 30.4. The molecule has 0 unspecified atom stereocenters. The lowest BCUT2D eigenvalue weighted by molar-refractivity contribution is -0.137. The Hall–Kier alpha value is -2.37. The first-order chi connectivity index (χ1) is 11.7. The molecule has 0 spiro atoms. The van der Waals surface area contributed by atoms with Crippen LogP contribution in [0.15, 0.2) is 47.6 Å². The highest BCUT2D eigenvalue weighted by atomic mass is 19.4. The van der Waals surface area contributed by atoms with Crippen LogP contribution in [-0.2, 0) is 15.8 Å². The van der Waals surface area contributed by atoms with Crippen molar-refractivity contribution >= 4 is 17.5 Å². The minimum atomic E-state index is -4.52. The monoisotopic (exact) mass is 347 g/mol. The summed E-state index contributed by atoms with van der Waals surface area (Å²) in [5, 5.41) is 0. The molecule has 2 bridgehead atoms. The second-order valence-corrected chi connectivity index (χ2v) is 7.00. The zero-order valence-electron chi connectivity index (χ0n) is 13.7. The maximum atomic E-state index is 12.9. The van der Waals surface area contributed by atoms with E-state index in [4.69, 9.17) is 0 Å². The molecule has 4 atom stereocenters. The van der Waals surface area contributed by atoms with Crippen LogP contribution in [0, 0.1) is 23.7 Å². The van der Waals surface area contributed by atoms with Crippen LogP contribution in [0.2, 0.25) is 0 Å². The van der Waals surface area contributed by atoms with E-state index in [0.717, 1.165) is 28.2 Å². The van der Waals surface area contributed by atoms with Crippen molar-refractivity contribution in [1.82, 2.24) is 0 Å². The van der Waals surface area contributed by atoms with Crippen LogP contribution < -0.4 is 4.90 Å². The van der Waals surface area contributed by atoms with Crippen molar-refractivity contribution in [2.45, 2.75) is 20.0 Å². The Morgan fingerprint density at radius 1 is 1.00 bits per heavy atom. The highest BCUT2D eigenvalue weighted by Gasteiger charge is 2.62. The van der Waals surface area contributed by atoms with Gasteiger partial charge in [-0.25, -0.2) is 4.90 Å². The lowest BCUT2D eigenvalue weighted by atomic mass is 9.85. The Morgan fingerprint density at radius 3 is 2.04 bits per heavy atom. The van der Waals surface area contributed by atoms with E-state index in [1.54, 1.807) is 0 Å². The van der Waals surface area contributed by atoms with Crippen molar-refractivity contribution in [3.63, 3.8) is 0 Å². The number of benzene rings is 1. The minimum absolute atomic E-state index is 0.00243. The predicted octanol–water partition coefficient (Wildman–Crippen LogP) is 3.96. The average Bonchev–Trinajstić information content (AvgIpc) is 3.17. The Morgan fingerprint density at radius 2 is 1.56 bits per heavy atom. The Labute approximate surface area is 142 Å². The molecule has 2 aliphatic carbocycles. The van der Waals surface area contributed by atoms with E-state index in [1.807, 2.05) is 26.0 Å². The third-order valence-corrected chi connectivity index (χ3v) is 5.42. The second-order valence-electron chi connectivity index (χ2n) is 7.00. The zero-order valence-corrected chi connectivity index (χ0v) is 13.7. The molecule has 1 aromatic carbocycles. The van der Waals surface area contributed by atoms with Crippen molar-refractivity contribution < 1.29 is 22.8 Å². The smallest absolute Gasteiger partial charge is 0.274 e. The van der Waals surface area contributed by atoms with Crippen LogP contribution in [0.3, 0.4) is 0 Å². The fourth-order valence-corrected chi connectivity index (χ4v) is 4.51. The molecule has 2 amide bonds. The summed E-state index contributed by atoms with van der Waals surface area (Å²) in [5.41, 5.74) is 1.34. The van der Waals surface area contributed by atoms with Crippen molar-refractivity contribution in [3.05, 3.63) is 53.1 Å². The lowest BCUT2D eigenvalue weighted by Gasteiger charge is -2.20. The van der Waals surface area contributed by atoms with Crippen molar-refractivity contribution in [2.75, 3.05) is 4.90 Å². The highest BCUT2D eigenvalue weighted by molar-refractivity contribution is 6.23. The lowest BCUT2D eigenvalue weighted by Crippen LogP contribution is -2.33. The standard InChI is InChI=1S/C19H16F3NO2/c1-9(2)14-12-6-7-13(14)16-15(12)17(24)23(18(16)25)11-5-3-4-10(8-11)19(20,21)22/h3-8,12-13,15-16H,1-2H3/t12-,13-,15+,16+/m1/s1. The molecule has 0 radical (unpaired) electrons. The molecule has 25 heavy (non-hydrogen) atoms. The Kier molecular flexibility index (Phi) is 3.27. The van der Waals surface area contributed by atoms with Gasteiger partial charge < -0.3 is 0 Å². The number of imide groups is 1.